The average molecular weight is 351 g/mol. The van der Waals surface area contributed by atoms with Gasteiger partial charge in [-0.15, -0.1) is 11.3 Å². The Hall–Kier alpha value is -2.41. The Morgan fingerprint density at radius 3 is 2.29 bits per heavy atom. The Morgan fingerprint density at radius 1 is 1.21 bits per heavy atom. The molecule has 0 bridgehead atoms. The lowest BCUT2D eigenvalue weighted by molar-refractivity contribution is 0.0636. The van der Waals surface area contributed by atoms with E-state index in [9.17, 15) is 19.1 Å². The average Bonchev–Trinajstić information content (AvgIpc) is 2.75. The molecule has 1 aromatic carbocycles. The van der Waals surface area contributed by atoms with Crippen molar-refractivity contribution in [3.63, 3.8) is 0 Å². The van der Waals surface area contributed by atoms with E-state index in [2.05, 4.69) is 5.32 Å². The van der Waals surface area contributed by atoms with Crippen molar-refractivity contribution < 1.29 is 23.8 Å². The summed E-state index contributed by atoms with van der Waals surface area (Å²) in [6.07, 6.45) is -0.725. The molecule has 0 unspecified atom stereocenters. The van der Waals surface area contributed by atoms with Crippen molar-refractivity contribution in [2.45, 2.75) is 33.3 Å². The second-order valence-corrected chi connectivity index (χ2v) is 7.22. The minimum absolute atomic E-state index is 0.00214. The number of hydrogen-bond acceptors (Lipinski definition) is 4. The summed E-state index contributed by atoms with van der Waals surface area (Å²) in [6.45, 7) is 6.85. The smallest absolute Gasteiger partial charge is 0.412 e. The van der Waals surface area contributed by atoms with Gasteiger partial charge in [-0.1, -0.05) is 12.1 Å². The molecule has 128 valence electrons. The minimum Gasteiger partial charge on any atom is -0.477 e. The first kappa shape index (κ1) is 17.9. The van der Waals surface area contributed by atoms with Crippen LogP contribution in [0.5, 0.6) is 0 Å². The molecule has 5 nitrogen and oxygen atoms in total. The van der Waals surface area contributed by atoms with E-state index in [-0.39, 0.29) is 16.4 Å². The lowest BCUT2D eigenvalue weighted by Gasteiger charge is -2.19. The molecule has 0 atom stereocenters. The molecule has 0 fully saturated rings. The van der Waals surface area contributed by atoms with Gasteiger partial charge in [0, 0.05) is 4.88 Å². The Balaban J connectivity index is 2.42. The molecule has 0 saturated carbocycles. The number of hydrogen-bond donors (Lipinski definition) is 2. The molecule has 0 aliphatic rings. The van der Waals surface area contributed by atoms with E-state index in [0.29, 0.717) is 16.0 Å². The van der Waals surface area contributed by atoms with Gasteiger partial charge in [0.1, 0.15) is 16.3 Å². The fourth-order valence-electron chi connectivity index (χ4n) is 2.10. The summed E-state index contributed by atoms with van der Waals surface area (Å²) in [5.74, 6) is -1.53. The normalized spacial score (nSPS) is 11.2. The molecule has 2 rings (SSSR count). The summed E-state index contributed by atoms with van der Waals surface area (Å²) >= 11 is 1.02. The number of rotatable bonds is 3. The third-order valence-electron chi connectivity index (χ3n) is 3.07. The van der Waals surface area contributed by atoms with Crippen molar-refractivity contribution in [1.29, 1.82) is 0 Å². The second kappa shape index (κ2) is 6.60. The summed E-state index contributed by atoms with van der Waals surface area (Å²) in [7, 11) is 0. The summed E-state index contributed by atoms with van der Waals surface area (Å²) < 4.78 is 18.3. The number of ether oxygens (including phenoxy) is 1. The number of aromatic carboxylic acids is 1. The Bertz CT molecular complexity index is 775. The van der Waals surface area contributed by atoms with E-state index in [1.54, 1.807) is 39.8 Å². The first-order valence-corrected chi connectivity index (χ1v) is 8.03. The fraction of sp³-hybridized carbons (Fsp3) is 0.294. The van der Waals surface area contributed by atoms with Gasteiger partial charge in [0.15, 0.2) is 0 Å². The van der Waals surface area contributed by atoms with Crippen molar-refractivity contribution in [1.82, 2.24) is 0 Å². The molecule has 0 saturated heterocycles. The highest BCUT2D eigenvalue weighted by Crippen LogP contribution is 2.40. The van der Waals surface area contributed by atoms with Crippen LogP contribution in [0.2, 0.25) is 0 Å². The molecule has 2 aromatic rings. The molecule has 1 aromatic heterocycles. The standard InChI is InChI=1S/C17H18FNO4S/c1-9-12(19-16(22)23-17(2,3)4)14(15(20)21)24-13(9)10-5-7-11(18)8-6-10/h5-8H,1-4H3,(H,19,22)(H,20,21). The van der Waals surface area contributed by atoms with E-state index >= 15 is 0 Å². The summed E-state index contributed by atoms with van der Waals surface area (Å²) in [5, 5.41) is 11.9. The van der Waals surface area contributed by atoms with Crippen LogP contribution >= 0.6 is 11.3 Å². The van der Waals surface area contributed by atoms with Crippen LogP contribution in [-0.4, -0.2) is 22.8 Å². The Kier molecular flexibility index (Phi) is 4.94. The number of amides is 1. The number of nitrogens with one attached hydrogen (secondary N) is 1. The minimum atomic E-state index is -1.15. The van der Waals surface area contributed by atoms with Crippen LogP contribution in [-0.2, 0) is 4.74 Å². The van der Waals surface area contributed by atoms with Crippen LogP contribution in [0.15, 0.2) is 24.3 Å². The van der Waals surface area contributed by atoms with Crippen molar-refractivity contribution in [3.8, 4) is 10.4 Å². The largest absolute Gasteiger partial charge is 0.477 e. The molecule has 0 radical (unpaired) electrons. The molecule has 7 heteroatoms. The number of anilines is 1. The molecule has 2 N–H and O–H groups in total. The summed E-state index contributed by atoms with van der Waals surface area (Å²) in [6, 6.07) is 5.74. The first-order valence-electron chi connectivity index (χ1n) is 7.21. The number of halogens is 1. The highest BCUT2D eigenvalue weighted by Gasteiger charge is 2.24. The van der Waals surface area contributed by atoms with Gasteiger partial charge < -0.3 is 9.84 Å². The number of thiophene rings is 1. The molecule has 1 heterocycles. The van der Waals surface area contributed by atoms with Crippen molar-refractivity contribution >= 4 is 29.1 Å². The number of carboxylic acid groups (broad SMARTS) is 1. The van der Waals surface area contributed by atoms with Crippen LogP contribution in [0, 0.1) is 12.7 Å². The third kappa shape index (κ3) is 4.11. The third-order valence-corrected chi connectivity index (χ3v) is 4.40. The quantitative estimate of drug-likeness (QED) is 0.824. The highest BCUT2D eigenvalue weighted by molar-refractivity contribution is 7.18. The number of carboxylic acids is 1. The predicted octanol–water partition coefficient (Wildman–Crippen LogP) is 4.91. The van der Waals surface area contributed by atoms with Gasteiger partial charge in [0.05, 0.1) is 5.69 Å². The fourth-order valence-corrected chi connectivity index (χ4v) is 3.20. The van der Waals surface area contributed by atoms with E-state index in [1.165, 1.54) is 12.1 Å². The molecule has 0 spiro atoms. The molecular weight excluding hydrogens is 333 g/mol. The van der Waals surface area contributed by atoms with Gasteiger partial charge >= 0.3 is 12.1 Å². The molecule has 0 aliphatic heterocycles. The molecular formula is C17H18FNO4S. The van der Waals surface area contributed by atoms with E-state index in [1.807, 2.05) is 0 Å². The van der Waals surface area contributed by atoms with Gasteiger partial charge in [-0.25, -0.2) is 14.0 Å². The molecule has 24 heavy (non-hydrogen) atoms. The van der Waals surface area contributed by atoms with Gasteiger partial charge in [-0.05, 0) is 51.0 Å². The van der Waals surface area contributed by atoms with E-state index < -0.39 is 17.7 Å². The van der Waals surface area contributed by atoms with Gasteiger partial charge in [-0.2, -0.15) is 0 Å². The van der Waals surface area contributed by atoms with Crippen LogP contribution in [0.3, 0.4) is 0 Å². The lowest BCUT2D eigenvalue weighted by atomic mass is 10.1. The van der Waals surface area contributed by atoms with Crippen molar-refractivity contribution in [2.75, 3.05) is 5.32 Å². The van der Waals surface area contributed by atoms with Gasteiger partial charge in [-0.3, -0.25) is 5.32 Å². The van der Waals surface area contributed by atoms with Crippen LogP contribution in [0.25, 0.3) is 10.4 Å². The Labute approximate surface area is 143 Å². The zero-order valence-corrected chi connectivity index (χ0v) is 14.6. The number of carbonyl (C=O) groups is 2. The second-order valence-electron chi connectivity index (χ2n) is 6.20. The predicted molar refractivity (Wildman–Crippen MR) is 91.3 cm³/mol. The zero-order valence-electron chi connectivity index (χ0n) is 13.8. The van der Waals surface area contributed by atoms with Crippen molar-refractivity contribution in [2.24, 2.45) is 0 Å². The van der Waals surface area contributed by atoms with E-state index in [4.69, 9.17) is 4.74 Å². The number of carbonyl (C=O) groups excluding carboxylic acids is 1. The van der Waals surface area contributed by atoms with Gasteiger partial charge in [0.2, 0.25) is 0 Å². The summed E-state index contributed by atoms with van der Waals surface area (Å²) in [5.41, 5.74) is 0.770. The maximum Gasteiger partial charge on any atom is 0.412 e. The topological polar surface area (TPSA) is 75.6 Å². The first-order chi connectivity index (χ1) is 11.1. The zero-order chi connectivity index (χ0) is 18.1. The van der Waals surface area contributed by atoms with Crippen molar-refractivity contribution in [3.05, 3.63) is 40.5 Å². The monoisotopic (exact) mass is 351 g/mol. The van der Waals surface area contributed by atoms with Crippen LogP contribution in [0.4, 0.5) is 14.9 Å². The maximum absolute atomic E-state index is 13.1. The maximum atomic E-state index is 13.1. The molecule has 1 amide bonds. The van der Waals surface area contributed by atoms with Crippen LogP contribution < -0.4 is 5.32 Å². The lowest BCUT2D eigenvalue weighted by Crippen LogP contribution is -2.27. The van der Waals surface area contributed by atoms with Crippen LogP contribution in [0.1, 0.15) is 36.0 Å². The van der Waals surface area contributed by atoms with E-state index in [0.717, 1.165) is 11.3 Å². The number of benzene rings is 1. The SMILES string of the molecule is Cc1c(-c2ccc(F)cc2)sc(C(=O)O)c1NC(=O)OC(C)(C)C. The highest BCUT2D eigenvalue weighted by atomic mass is 32.1. The summed E-state index contributed by atoms with van der Waals surface area (Å²) in [4.78, 5) is 24.1. The molecule has 0 aliphatic carbocycles. The van der Waals surface area contributed by atoms with Gasteiger partial charge in [0.25, 0.3) is 0 Å². The Morgan fingerprint density at radius 2 is 1.79 bits per heavy atom.